The molecule has 36 heavy (non-hydrogen) atoms. The van der Waals surface area contributed by atoms with Gasteiger partial charge in [-0.25, -0.2) is 0 Å². The Kier molecular flexibility index (Phi) is 6.36. The Labute approximate surface area is 216 Å². The molecule has 0 spiro atoms. The summed E-state index contributed by atoms with van der Waals surface area (Å²) >= 11 is 0. The molecule has 4 heteroatoms. The van der Waals surface area contributed by atoms with E-state index in [-0.39, 0.29) is 17.2 Å². The van der Waals surface area contributed by atoms with E-state index in [1.165, 1.54) is 11.1 Å². The van der Waals surface area contributed by atoms with Crippen LogP contribution in [0, 0.1) is 0 Å². The lowest BCUT2D eigenvalue weighted by Crippen LogP contribution is -2.55. The van der Waals surface area contributed by atoms with Gasteiger partial charge in [-0.15, -0.1) is 0 Å². The van der Waals surface area contributed by atoms with Crippen molar-refractivity contribution >= 4 is 28.8 Å². The lowest BCUT2D eigenvalue weighted by Gasteiger charge is -2.51. The lowest BCUT2D eigenvalue weighted by molar-refractivity contribution is -0.116. The maximum Gasteiger partial charge on any atom is 0.251 e. The second-order valence-corrected chi connectivity index (χ2v) is 11.4. The fourth-order valence-electron chi connectivity index (χ4n) is 6.39. The monoisotopic (exact) mass is 482 g/mol. The van der Waals surface area contributed by atoms with Crippen LogP contribution in [0.2, 0.25) is 0 Å². The molecule has 0 unspecified atom stereocenters. The van der Waals surface area contributed by atoms with E-state index >= 15 is 0 Å². The Morgan fingerprint density at radius 1 is 0.833 bits per heavy atom. The number of rotatable bonds is 3. The van der Waals surface area contributed by atoms with Crippen LogP contribution in [0.3, 0.4) is 0 Å². The van der Waals surface area contributed by atoms with Crippen LogP contribution in [0.1, 0.15) is 78.5 Å². The van der Waals surface area contributed by atoms with Gasteiger partial charge in [-0.2, -0.15) is 0 Å². The Hall–Kier alpha value is -3.40. The van der Waals surface area contributed by atoms with Crippen molar-refractivity contribution in [1.29, 1.82) is 0 Å². The summed E-state index contributed by atoms with van der Waals surface area (Å²) in [4.78, 5) is 30.1. The van der Waals surface area contributed by atoms with Gasteiger partial charge in [-0.05, 0) is 102 Å². The van der Waals surface area contributed by atoms with Gasteiger partial charge in [0.1, 0.15) is 0 Å². The maximum absolute atomic E-state index is 13.2. The second kappa shape index (κ2) is 8.92. The number of hydrogen-bond donors (Lipinski definition) is 0. The van der Waals surface area contributed by atoms with Gasteiger partial charge >= 0.3 is 0 Å². The highest BCUT2D eigenvalue weighted by Crippen LogP contribution is 2.52. The van der Waals surface area contributed by atoms with Gasteiger partial charge in [0.25, 0.3) is 11.8 Å². The van der Waals surface area contributed by atoms with Crippen molar-refractivity contribution < 1.29 is 9.59 Å². The number of fused-ring (bicyclic) bond motifs is 2. The molecular formula is C32H38N2O2. The zero-order valence-corrected chi connectivity index (χ0v) is 22.8. The number of benzene rings is 2. The SMILES string of the molecule is C/C=C/C(=O)N1c2ccc([C@@]3(C)CC(C)(C)N(C(=O)/C=C/C)c4ccccc43)cc2C(C)=CC1(C)C. The highest BCUT2D eigenvalue weighted by molar-refractivity contribution is 6.06. The molecule has 2 amide bonds. The molecule has 2 aromatic rings. The molecular weight excluding hydrogens is 444 g/mol. The minimum atomic E-state index is -0.424. The number of para-hydroxylation sites is 1. The third-order valence-electron chi connectivity index (χ3n) is 7.64. The molecule has 2 aromatic carbocycles. The molecule has 2 aliphatic heterocycles. The van der Waals surface area contributed by atoms with Gasteiger partial charge in [0.15, 0.2) is 0 Å². The molecule has 1 atom stereocenters. The van der Waals surface area contributed by atoms with E-state index in [0.717, 1.165) is 28.9 Å². The second-order valence-electron chi connectivity index (χ2n) is 11.4. The Balaban J connectivity index is 1.91. The maximum atomic E-state index is 13.2. The van der Waals surface area contributed by atoms with Gasteiger partial charge in [0.2, 0.25) is 0 Å². The lowest BCUT2D eigenvalue weighted by atomic mass is 9.64. The minimum Gasteiger partial charge on any atom is -0.303 e. The zero-order chi connectivity index (χ0) is 26.5. The van der Waals surface area contributed by atoms with Gasteiger partial charge in [0, 0.05) is 22.2 Å². The van der Waals surface area contributed by atoms with Crippen LogP contribution in [0.5, 0.6) is 0 Å². The average Bonchev–Trinajstić information content (AvgIpc) is 2.78. The standard InChI is InChI=1S/C32H38N2O2/c1-9-13-28(35)33-26-18-17-23(19-24(26)22(3)20-30(33,4)5)32(8)21-31(6,7)34(29(36)14-10-2)27-16-12-11-15-25(27)32/h9-20H,21H2,1-8H3/b13-9+,14-10+/t32-/m1/s1. The Bertz CT molecular complexity index is 1310. The van der Waals surface area contributed by atoms with Crippen molar-refractivity contribution in [2.75, 3.05) is 9.80 Å². The summed E-state index contributed by atoms with van der Waals surface area (Å²) in [6, 6.07) is 14.8. The number of nitrogens with zero attached hydrogens (tertiary/aromatic N) is 2. The third kappa shape index (κ3) is 4.03. The average molecular weight is 483 g/mol. The molecule has 188 valence electrons. The number of carbonyl (C=O) groups excluding carboxylic acids is 2. The van der Waals surface area contributed by atoms with Gasteiger partial charge < -0.3 is 4.90 Å². The molecule has 4 nitrogen and oxygen atoms in total. The van der Waals surface area contributed by atoms with Crippen LogP contribution >= 0.6 is 0 Å². The number of carbonyl (C=O) groups is 2. The molecule has 0 bridgehead atoms. The summed E-state index contributed by atoms with van der Waals surface area (Å²) in [5, 5.41) is 0. The van der Waals surface area contributed by atoms with Crippen LogP contribution in [0.4, 0.5) is 11.4 Å². The summed E-state index contributed by atoms with van der Waals surface area (Å²) < 4.78 is 0. The third-order valence-corrected chi connectivity index (χ3v) is 7.64. The molecule has 0 N–H and O–H groups in total. The van der Waals surface area contributed by atoms with Crippen LogP contribution in [0.15, 0.2) is 72.8 Å². The van der Waals surface area contributed by atoms with E-state index in [4.69, 9.17) is 0 Å². The normalized spacial score (nSPS) is 22.4. The predicted molar refractivity (Wildman–Crippen MR) is 150 cm³/mol. The van der Waals surface area contributed by atoms with E-state index in [0.29, 0.717) is 0 Å². The van der Waals surface area contributed by atoms with Crippen molar-refractivity contribution in [2.45, 2.75) is 78.3 Å². The van der Waals surface area contributed by atoms with Crippen LogP contribution in [-0.2, 0) is 15.0 Å². The van der Waals surface area contributed by atoms with Crippen molar-refractivity contribution in [3.05, 3.63) is 89.5 Å². The quantitative estimate of drug-likeness (QED) is 0.435. The van der Waals surface area contributed by atoms with Crippen LogP contribution < -0.4 is 9.80 Å². The first-order chi connectivity index (χ1) is 16.9. The molecule has 0 radical (unpaired) electrons. The van der Waals surface area contributed by atoms with Gasteiger partial charge in [-0.1, -0.05) is 49.4 Å². The minimum absolute atomic E-state index is 0.00147. The summed E-state index contributed by atoms with van der Waals surface area (Å²) in [5.41, 5.74) is 5.33. The predicted octanol–water partition coefficient (Wildman–Crippen LogP) is 7.19. The smallest absolute Gasteiger partial charge is 0.251 e. The number of amides is 2. The molecule has 0 saturated carbocycles. The van der Waals surface area contributed by atoms with E-state index in [2.05, 4.69) is 84.0 Å². The van der Waals surface area contributed by atoms with Crippen LogP contribution in [-0.4, -0.2) is 22.9 Å². The van der Waals surface area contributed by atoms with E-state index < -0.39 is 11.1 Å². The molecule has 0 saturated heterocycles. The molecule has 0 fully saturated rings. The zero-order valence-electron chi connectivity index (χ0n) is 22.8. The fourth-order valence-corrected chi connectivity index (χ4v) is 6.39. The molecule has 4 rings (SSSR count). The molecule has 2 aliphatic rings. The van der Waals surface area contributed by atoms with E-state index in [1.54, 1.807) is 24.3 Å². The number of allylic oxidation sites excluding steroid dienone is 3. The van der Waals surface area contributed by atoms with Gasteiger partial charge in [0.05, 0.1) is 11.2 Å². The van der Waals surface area contributed by atoms with E-state index in [1.807, 2.05) is 29.7 Å². The summed E-state index contributed by atoms with van der Waals surface area (Å²) in [7, 11) is 0. The summed E-state index contributed by atoms with van der Waals surface area (Å²) in [6.07, 6.45) is 9.82. The summed E-state index contributed by atoms with van der Waals surface area (Å²) in [6.45, 7) is 16.6. The Morgan fingerprint density at radius 3 is 2.08 bits per heavy atom. The highest BCUT2D eigenvalue weighted by Gasteiger charge is 2.47. The first-order valence-corrected chi connectivity index (χ1v) is 12.7. The molecule has 2 heterocycles. The first-order valence-electron chi connectivity index (χ1n) is 12.7. The van der Waals surface area contributed by atoms with Crippen molar-refractivity contribution in [3.63, 3.8) is 0 Å². The highest BCUT2D eigenvalue weighted by atomic mass is 16.2. The van der Waals surface area contributed by atoms with Crippen molar-refractivity contribution in [2.24, 2.45) is 0 Å². The molecule has 0 aliphatic carbocycles. The van der Waals surface area contributed by atoms with Crippen molar-refractivity contribution in [3.8, 4) is 0 Å². The van der Waals surface area contributed by atoms with E-state index in [9.17, 15) is 9.59 Å². The topological polar surface area (TPSA) is 40.6 Å². The number of anilines is 2. The van der Waals surface area contributed by atoms with Crippen LogP contribution in [0.25, 0.3) is 5.57 Å². The molecule has 0 aromatic heterocycles. The first kappa shape index (κ1) is 25.7. The number of hydrogen-bond acceptors (Lipinski definition) is 2. The summed E-state index contributed by atoms with van der Waals surface area (Å²) in [5.74, 6) is -0.0182. The fraction of sp³-hybridized carbons (Fsp3) is 0.375. The Morgan fingerprint density at radius 2 is 1.44 bits per heavy atom. The van der Waals surface area contributed by atoms with Gasteiger partial charge in [-0.3, -0.25) is 14.5 Å². The largest absolute Gasteiger partial charge is 0.303 e. The van der Waals surface area contributed by atoms with Crippen molar-refractivity contribution in [1.82, 2.24) is 0 Å².